The van der Waals surface area contributed by atoms with Crippen LogP contribution >= 0.6 is 0 Å². The van der Waals surface area contributed by atoms with Gasteiger partial charge in [0.25, 0.3) is 0 Å². The molecular weight excluding hydrogens is 433 g/mol. The molecule has 9 heteroatoms. The van der Waals surface area contributed by atoms with Gasteiger partial charge < -0.3 is 15.5 Å². The SMILES string of the molecule is C[C@H](NC(=O)[C@H](Cc1ccccc1)N1Cc2nc(F)ccc2NC1=O)c1ccc(F)cc1F. The van der Waals surface area contributed by atoms with E-state index in [9.17, 15) is 22.8 Å². The Labute approximate surface area is 188 Å². The quantitative estimate of drug-likeness (QED) is 0.545. The number of pyridine rings is 1. The number of carbonyl (C=O) groups excluding carboxylic acids is 2. The van der Waals surface area contributed by atoms with E-state index in [4.69, 9.17) is 0 Å². The number of hydrogen-bond acceptors (Lipinski definition) is 3. The Balaban J connectivity index is 1.62. The third-order valence-corrected chi connectivity index (χ3v) is 5.50. The van der Waals surface area contributed by atoms with Gasteiger partial charge in [0.15, 0.2) is 0 Å². The fourth-order valence-electron chi connectivity index (χ4n) is 3.80. The van der Waals surface area contributed by atoms with Crippen molar-refractivity contribution < 1.29 is 22.8 Å². The molecule has 170 valence electrons. The smallest absolute Gasteiger partial charge is 0.322 e. The summed E-state index contributed by atoms with van der Waals surface area (Å²) < 4.78 is 41.1. The minimum absolute atomic E-state index is 0.0802. The Hall–Kier alpha value is -3.88. The highest BCUT2D eigenvalue weighted by atomic mass is 19.1. The summed E-state index contributed by atoms with van der Waals surface area (Å²) in [7, 11) is 0. The molecule has 1 aromatic heterocycles. The van der Waals surface area contributed by atoms with Crippen LogP contribution in [0.15, 0.2) is 60.7 Å². The highest BCUT2D eigenvalue weighted by Gasteiger charge is 2.35. The number of rotatable bonds is 6. The Bertz CT molecular complexity index is 1190. The van der Waals surface area contributed by atoms with Crippen LogP contribution in [0.4, 0.5) is 23.7 Å². The Morgan fingerprint density at radius 2 is 1.88 bits per heavy atom. The van der Waals surface area contributed by atoms with Crippen LogP contribution in [0, 0.1) is 17.6 Å². The van der Waals surface area contributed by atoms with Crippen LogP contribution in [0.3, 0.4) is 0 Å². The molecule has 0 spiro atoms. The van der Waals surface area contributed by atoms with E-state index in [0.29, 0.717) is 5.69 Å². The largest absolute Gasteiger partial charge is 0.348 e. The number of benzene rings is 2. The van der Waals surface area contributed by atoms with Crippen LogP contribution in [-0.2, 0) is 17.8 Å². The number of urea groups is 1. The molecule has 0 unspecified atom stereocenters. The van der Waals surface area contributed by atoms with Gasteiger partial charge in [-0.25, -0.2) is 18.6 Å². The Morgan fingerprint density at radius 3 is 2.61 bits per heavy atom. The first-order valence-electron chi connectivity index (χ1n) is 10.3. The van der Waals surface area contributed by atoms with Crippen LogP contribution in [0.2, 0.25) is 0 Å². The molecule has 0 saturated carbocycles. The monoisotopic (exact) mass is 454 g/mol. The third-order valence-electron chi connectivity index (χ3n) is 5.50. The molecule has 0 radical (unpaired) electrons. The molecule has 1 aliphatic heterocycles. The van der Waals surface area contributed by atoms with Crippen molar-refractivity contribution in [2.24, 2.45) is 0 Å². The minimum atomic E-state index is -0.989. The number of amides is 3. The van der Waals surface area contributed by atoms with Crippen LogP contribution in [0.1, 0.15) is 29.8 Å². The van der Waals surface area contributed by atoms with E-state index in [2.05, 4.69) is 15.6 Å². The third kappa shape index (κ3) is 4.97. The molecule has 1 aliphatic rings. The summed E-state index contributed by atoms with van der Waals surface area (Å²) >= 11 is 0. The molecule has 33 heavy (non-hydrogen) atoms. The number of aromatic nitrogens is 1. The maximum atomic E-state index is 14.2. The summed E-state index contributed by atoms with van der Waals surface area (Å²) in [5, 5.41) is 5.35. The molecule has 2 N–H and O–H groups in total. The van der Waals surface area contributed by atoms with Gasteiger partial charge in [-0.3, -0.25) is 4.79 Å². The summed E-state index contributed by atoms with van der Waals surface area (Å²) in [6, 6.07) is 12.4. The minimum Gasteiger partial charge on any atom is -0.348 e. The van der Waals surface area contributed by atoms with Gasteiger partial charge in [-0.2, -0.15) is 4.39 Å². The van der Waals surface area contributed by atoms with Gasteiger partial charge in [-0.15, -0.1) is 0 Å². The molecule has 2 atom stereocenters. The second-order valence-electron chi connectivity index (χ2n) is 7.79. The lowest BCUT2D eigenvalue weighted by Crippen LogP contribution is -2.53. The first-order chi connectivity index (χ1) is 15.8. The molecule has 0 aliphatic carbocycles. The number of hydrogen-bond donors (Lipinski definition) is 2. The van der Waals surface area contributed by atoms with Gasteiger partial charge in [0, 0.05) is 18.1 Å². The zero-order valence-electron chi connectivity index (χ0n) is 17.7. The fourth-order valence-corrected chi connectivity index (χ4v) is 3.80. The van der Waals surface area contributed by atoms with Crippen molar-refractivity contribution in [1.82, 2.24) is 15.2 Å². The standard InChI is InChI=1S/C24H21F3N4O2/c1-14(17-8-7-16(25)12-18(17)26)28-23(32)21(11-15-5-3-2-4-6-15)31-13-20-19(30-24(31)33)9-10-22(27)29-20/h2-10,12,14,21H,11,13H2,1H3,(H,28,32)(H,30,33)/t14-,21-/m0/s1. The van der Waals surface area contributed by atoms with E-state index in [-0.39, 0.29) is 24.2 Å². The van der Waals surface area contributed by atoms with Crippen LogP contribution in [-0.4, -0.2) is 27.9 Å². The molecule has 2 aromatic carbocycles. The first kappa shape index (κ1) is 22.3. The molecule has 4 rings (SSSR count). The van der Waals surface area contributed by atoms with E-state index in [0.717, 1.165) is 23.8 Å². The van der Waals surface area contributed by atoms with Crippen LogP contribution in [0.25, 0.3) is 0 Å². The Morgan fingerprint density at radius 1 is 1.12 bits per heavy atom. The molecule has 6 nitrogen and oxygen atoms in total. The topological polar surface area (TPSA) is 74.3 Å². The second kappa shape index (κ2) is 9.32. The lowest BCUT2D eigenvalue weighted by atomic mass is 10.0. The van der Waals surface area contributed by atoms with Crippen molar-refractivity contribution in [3.05, 3.63) is 95.1 Å². The predicted octanol–water partition coefficient (Wildman–Crippen LogP) is 4.34. The Kier molecular flexibility index (Phi) is 6.30. The molecular formula is C24H21F3N4O2. The maximum absolute atomic E-state index is 14.2. The van der Waals surface area contributed by atoms with Crippen LogP contribution in [0.5, 0.6) is 0 Å². The number of nitrogens with one attached hydrogen (secondary N) is 2. The summed E-state index contributed by atoms with van der Waals surface area (Å²) in [6.07, 6.45) is 0.170. The van der Waals surface area contributed by atoms with Crippen molar-refractivity contribution in [1.29, 1.82) is 0 Å². The lowest BCUT2D eigenvalue weighted by Gasteiger charge is -2.35. The molecule has 2 heterocycles. The van der Waals surface area contributed by atoms with Gasteiger partial charge in [0.1, 0.15) is 17.7 Å². The zero-order valence-corrected chi connectivity index (χ0v) is 17.7. The van der Waals surface area contributed by atoms with E-state index in [1.165, 1.54) is 17.0 Å². The first-order valence-corrected chi connectivity index (χ1v) is 10.3. The van der Waals surface area contributed by atoms with E-state index in [1.54, 1.807) is 6.92 Å². The normalized spacial score (nSPS) is 14.8. The van der Waals surface area contributed by atoms with Crippen molar-refractivity contribution in [2.75, 3.05) is 5.32 Å². The highest BCUT2D eigenvalue weighted by Crippen LogP contribution is 2.25. The highest BCUT2D eigenvalue weighted by molar-refractivity contribution is 5.96. The lowest BCUT2D eigenvalue weighted by molar-refractivity contribution is -0.126. The fraction of sp³-hybridized carbons (Fsp3) is 0.208. The van der Waals surface area contributed by atoms with E-state index >= 15 is 0 Å². The molecule has 0 saturated heterocycles. The average molecular weight is 454 g/mol. The van der Waals surface area contributed by atoms with Crippen molar-refractivity contribution in [3.63, 3.8) is 0 Å². The average Bonchev–Trinajstić information content (AvgIpc) is 2.78. The number of nitrogens with zero attached hydrogens (tertiary/aromatic N) is 2. The maximum Gasteiger partial charge on any atom is 0.322 e. The summed E-state index contributed by atoms with van der Waals surface area (Å²) in [6.45, 7) is 1.49. The zero-order chi connectivity index (χ0) is 23.5. The number of anilines is 1. The van der Waals surface area contributed by atoms with E-state index < -0.39 is 41.6 Å². The van der Waals surface area contributed by atoms with E-state index in [1.807, 2.05) is 30.3 Å². The van der Waals surface area contributed by atoms with Gasteiger partial charge >= 0.3 is 6.03 Å². The van der Waals surface area contributed by atoms with Gasteiger partial charge in [-0.05, 0) is 30.7 Å². The number of carbonyl (C=O) groups is 2. The van der Waals surface area contributed by atoms with Gasteiger partial charge in [-0.1, -0.05) is 36.4 Å². The summed E-state index contributed by atoms with van der Waals surface area (Å²) in [5.74, 6) is -2.74. The molecule has 0 fully saturated rings. The molecule has 3 aromatic rings. The second-order valence-corrected chi connectivity index (χ2v) is 7.79. The van der Waals surface area contributed by atoms with Gasteiger partial charge in [0.05, 0.1) is 24.0 Å². The molecule has 0 bridgehead atoms. The van der Waals surface area contributed by atoms with Crippen molar-refractivity contribution in [2.45, 2.75) is 32.0 Å². The van der Waals surface area contributed by atoms with Gasteiger partial charge in [0.2, 0.25) is 11.9 Å². The molecule has 3 amide bonds. The number of fused-ring (bicyclic) bond motifs is 1. The summed E-state index contributed by atoms with van der Waals surface area (Å²) in [5.41, 5.74) is 1.57. The van der Waals surface area contributed by atoms with Crippen LogP contribution < -0.4 is 10.6 Å². The number of halogens is 3. The van der Waals surface area contributed by atoms with Crippen molar-refractivity contribution in [3.8, 4) is 0 Å². The summed E-state index contributed by atoms with van der Waals surface area (Å²) in [4.78, 5) is 31.3. The predicted molar refractivity (Wildman–Crippen MR) is 116 cm³/mol. The van der Waals surface area contributed by atoms with Crippen molar-refractivity contribution >= 4 is 17.6 Å².